The number of nitrogens with one attached hydrogen (secondary N) is 2. The Bertz CT molecular complexity index is 542. The number of carbonyl (C=O) groups is 1. The molecule has 1 atom stereocenters. The van der Waals surface area contributed by atoms with Crippen LogP contribution < -0.4 is 10.6 Å². The Kier molecular flexibility index (Phi) is 6.83. The number of thiazole rings is 1. The van der Waals surface area contributed by atoms with Gasteiger partial charge in [0.1, 0.15) is 5.01 Å². The minimum absolute atomic E-state index is 0.304. The van der Waals surface area contributed by atoms with Gasteiger partial charge in [0.25, 0.3) is 0 Å². The average Bonchev–Trinajstić information content (AvgIpc) is 3.15. The van der Waals surface area contributed by atoms with Crippen molar-refractivity contribution in [1.82, 2.24) is 20.5 Å². The van der Waals surface area contributed by atoms with Crippen LogP contribution in [0.2, 0.25) is 0 Å². The molecule has 1 aromatic heterocycles. The average molecular weight is 337 g/mol. The summed E-state index contributed by atoms with van der Waals surface area (Å²) in [4.78, 5) is 23.7. The number of hydrogen-bond acceptors (Lipinski definition) is 4. The molecule has 1 fully saturated rings. The van der Waals surface area contributed by atoms with Crippen LogP contribution in [0.4, 0.5) is 0 Å². The molecule has 2 N–H and O–H groups in total. The summed E-state index contributed by atoms with van der Waals surface area (Å²) in [7, 11) is 1.77. The molecular weight excluding hydrogens is 310 g/mol. The Labute approximate surface area is 142 Å². The van der Waals surface area contributed by atoms with Crippen molar-refractivity contribution in [2.45, 2.75) is 52.1 Å². The summed E-state index contributed by atoms with van der Waals surface area (Å²) in [6.07, 6.45) is 5.54. The Morgan fingerprint density at radius 3 is 2.91 bits per heavy atom. The van der Waals surface area contributed by atoms with E-state index in [1.165, 1.54) is 4.88 Å². The molecule has 128 valence electrons. The number of likely N-dealkylation sites (tertiary alicyclic amines) is 1. The van der Waals surface area contributed by atoms with Crippen molar-refractivity contribution in [3.05, 3.63) is 16.1 Å². The zero-order valence-corrected chi connectivity index (χ0v) is 15.1. The summed E-state index contributed by atoms with van der Waals surface area (Å²) < 4.78 is 0. The van der Waals surface area contributed by atoms with E-state index in [1.54, 1.807) is 18.4 Å². The molecule has 1 unspecified atom stereocenters. The van der Waals surface area contributed by atoms with Gasteiger partial charge in [0.15, 0.2) is 5.96 Å². The van der Waals surface area contributed by atoms with Gasteiger partial charge < -0.3 is 15.5 Å². The van der Waals surface area contributed by atoms with Gasteiger partial charge >= 0.3 is 0 Å². The Morgan fingerprint density at radius 1 is 1.52 bits per heavy atom. The first kappa shape index (κ1) is 17.7. The summed E-state index contributed by atoms with van der Waals surface area (Å²) in [5.74, 6) is 1.08. The van der Waals surface area contributed by atoms with Crippen LogP contribution in [0, 0.1) is 6.92 Å². The predicted octanol–water partition coefficient (Wildman–Crippen LogP) is 1.91. The lowest BCUT2D eigenvalue weighted by Crippen LogP contribution is -2.41. The summed E-state index contributed by atoms with van der Waals surface area (Å²) in [5.41, 5.74) is 0. The number of aryl methyl sites for hydroxylation is 1. The second-order valence-electron chi connectivity index (χ2n) is 5.76. The van der Waals surface area contributed by atoms with E-state index in [4.69, 9.17) is 0 Å². The smallest absolute Gasteiger partial charge is 0.222 e. The molecule has 0 spiro atoms. The number of hydrogen-bond donors (Lipinski definition) is 2. The predicted molar refractivity (Wildman–Crippen MR) is 94.7 cm³/mol. The number of guanidine groups is 1. The van der Waals surface area contributed by atoms with Crippen molar-refractivity contribution in [1.29, 1.82) is 0 Å². The van der Waals surface area contributed by atoms with Crippen LogP contribution >= 0.6 is 11.3 Å². The molecule has 1 aliphatic heterocycles. The summed E-state index contributed by atoms with van der Waals surface area (Å²) in [6.45, 7) is 6.60. The number of nitrogens with zero attached hydrogens (tertiary/aromatic N) is 3. The lowest BCUT2D eigenvalue weighted by Gasteiger charge is -2.27. The largest absolute Gasteiger partial charge is 0.356 e. The normalized spacial score (nSPS) is 16.7. The van der Waals surface area contributed by atoms with Gasteiger partial charge in [-0.3, -0.25) is 9.79 Å². The standard InChI is InChI=1S/C16H27N5OS/c1-4-13(21-9-5-6-15(21)22)7-8-18-16(17-3)20-11-14-19-10-12(2)23-14/h10,13H,4-9,11H2,1-3H3,(H2,17,18,20). The SMILES string of the molecule is CCC(CCNC(=NC)NCc1ncc(C)s1)N1CCCC1=O. The monoisotopic (exact) mass is 337 g/mol. The van der Waals surface area contributed by atoms with Crippen molar-refractivity contribution in [3.8, 4) is 0 Å². The first-order valence-electron chi connectivity index (χ1n) is 8.29. The molecule has 0 aromatic carbocycles. The second kappa shape index (κ2) is 8.86. The van der Waals surface area contributed by atoms with E-state index >= 15 is 0 Å². The third kappa shape index (κ3) is 5.20. The fourth-order valence-corrected chi connectivity index (χ4v) is 3.58. The van der Waals surface area contributed by atoms with Crippen LogP contribution in [0.1, 0.15) is 42.5 Å². The van der Waals surface area contributed by atoms with Gasteiger partial charge in [-0.05, 0) is 26.2 Å². The maximum absolute atomic E-state index is 11.9. The highest BCUT2D eigenvalue weighted by molar-refractivity contribution is 7.11. The van der Waals surface area contributed by atoms with Crippen LogP contribution in [0.5, 0.6) is 0 Å². The van der Waals surface area contributed by atoms with E-state index < -0.39 is 0 Å². The highest BCUT2D eigenvalue weighted by Crippen LogP contribution is 2.17. The van der Waals surface area contributed by atoms with E-state index in [2.05, 4.69) is 34.5 Å². The number of aliphatic imine (C=N–C) groups is 1. The van der Waals surface area contributed by atoms with Gasteiger partial charge in [0, 0.05) is 43.7 Å². The summed E-state index contributed by atoms with van der Waals surface area (Å²) >= 11 is 1.69. The van der Waals surface area contributed by atoms with E-state index in [0.29, 0.717) is 24.9 Å². The van der Waals surface area contributed by atoms with Crippen LogP contribution in [-0.2, 0) is 11.3 Å². The van der Waals surface area contributed by atoms with Gasteiger partial charge in [0.2, 0.25) is 5.91 Å². The van der Waals surface area contributed by atoms with Gasteiger partial charge in [-0.2, -0.15) is 0 Å². The minimum atomic E-state index is 0.304. The number of carbonyl (C=O) groups excluding carboxylic acids is 1. The highest BCUT2D eigenvalue weighted by atomic mass is 32.1. The number of rotatable bonds is 7. The topological polar surface area (TPSA) is 69.6 Å². The molecule has 7 heteroatoms. The molecule has 0 radical (unpaired) electrons. The molecular formula is C16H27N5OS. The zero-order valence-electron chi connectivity index (χ0n) is 14.3. The van der Waals surface area contributed by atoms with Crippen LogP contribution in [0.3, 0.4) is 0 Å². The molecule has 0 saturated carbocycles. The molecule has 23 heavy (non-hydrogen) atoms. The third-order valence-corrected chi connectivity index (χ3v) is 5.00. The lowest BCUT2D eigenvalue weighted by molar-refractivity contribution is -0.129. The van der Waals surface area contributed by atoms with Crippen molar-refractivity contribution < 1.29 is 4.79 Å². The maximum Gasteiger partial charge on any atom is 0.222 e. The number of aromatic nitrogens is 1. The maximum atomic E-state index is 11.9. The van der Waals surface area contributed by atoms with Crippen molar-refractivity contribution in [2.24, 2.45) is 4.99 Å². The second-order valence-corrected chi connectivity index (χ2v) is 7.08. The molecule has 2 heterocycles. The van der Waals surface area contributed by atoms with Gasteiger partial charge in [-0.15, -0.1) is 11.3 Å². The summed E-state index contributed by atoms with van der Waals surface area (Å²) in [5, 5.41) is 7.66. The van der Waals surface area contributed by atoms with Crippen LogP contribution in [0.25, 0.3) is 0 Å². The first-order valence-corrected chi connectivity index (χ1v) is 9.11. The molecule has 2 rings (SSSR count). The molecule has 0 bridgehead atoms. The fraction of sp³-hybridized carbons (Fsp3) is 0.688. The van der Waals surface area contributed by atoms with Gasteiger partial charge in [-0.25, -0.2) is 4.98 Å². The van der Waals surface area contributed by atoms with E-state index in [1.807, 2.05) is 11.1 Å². The number of amides is 1. The van der Waals surface area contributed by atoms with E-state index in [0.717, 1.165) is 43.3 Å². The highest BCUT2D eigenvalue weighted by Gasteiger charge is 2.26. The van der Waals surface area contributed by atoms with Crippen molar-refractivity contribution in [3.63, 3.8) is 0 Å². The van der Waals surface area contributed by atoms with Gasteiger partial charge in [0.05, 0.1) is 6.54 Å². The van der Waals surface area contributed by atoms with Crippen molar-refractivity contribution >= 4 is 23.2 Å². The fourth-order valence-electron chi connectivity index (χ4n) is 2.86. The molecule has 1 saturated heterocycles. The molecule has 0 aliphatic carbocycles. The van der Waals surface area contributed by atoms with Crippen LogP contribution in [-0.4, -0.2) is 47.9 Å². The van der Waals surface area contributed by atoms with E-state index in [-0.39, 0.29) is 0 Å². The molecule has 1 amide bonds. The Balaban J connectivity index is 1.73. The first-order chi connectivity index (χ1) is 11.1. The molecule has 1 aliphatic rings. The summed E-state index contributed by atoms with van der Waals surface area (Å²) in [6, 6.07) is 0.331. The Morgan fingerprint density at radius 2 is 2.35 bits per heavy atom. The van der Waals surface area contributed by atoms with Crippen molar-refractivity contribution in [2.75, 3.05) is 20.1 Å². The van der Waals surface area contributed by atoms with Crippen LogP contribution in [0.15, 0.2) is 11.2 Å². The molecule has 6 nitrogen and oxygen atoms in total. The minimum Gasteiger partial charge on any atom is -0.356 e. The third-order valence-electron chi connectivity index (χ3n) is 4.09. The zero-order chi connectivity index (χ0) is 16.7. The quantitative estimate of drug-likeness (QED) is 0.589. The lowest BCUT2D eigenvalue weighted by atomic mass is 10.1. The molecule has 1 aromatic rings. The van der Waals surface area contributed by atoms with Gasteiger partial charge in [-0.1, -0.05) is 6.92 Å². The Hall–Kier alpha value is -1.63. The van der Waals surface area contributed by atoms with E-state index in [9.17, 15) is 4.79 Å².